The number of Topliss-reactive ketones (excluding diaryl/α,β-unsaturated/α-hetero) is 1. The van der Waals surface area contributed by atoms with Crippen molar-refractivity contribution in [1.82, 2.24) is 31.9 Å². The van der Waals surface area contributed by atoms with Crippen LogP contribution in [0.2, 0.25) is 0 Å². The molecule has 0 aliphatic heterocycles. The number of aliphatic hydroxyl groups excluding tert-OH is 1. The summed E-state index contributed by atoms with van der Waals surface area (Å²) < 4.78 is 33.0. The van der Waals surface area contributed by atoms with Crippen molar-refractivity contribution >= 4 is 71.0 Å². The average molecular weight is 1070 g/mol. The van der Waals surface area contributed by atoms with Crippen LogP contribution in [0.15, 0.2) is 56.9 Å². The molecule has 0 aromatic heterocycles. The SMILES string of the molecule is CC(C)(C)OC(=O)NC(=NCC[N+](CCN=C(NC(=O)OC(C)(C)C)NC(=O)OC(C)(C)C)(CCN=C(NC(=O)OC(C)(C)C)NC(O)OC(C)(C)C)CC1=Cc2cccc3cccc(c23)C1=O)NC(=O)OC(C)(C)C. The quantitative estimate of drug-likeness (QED) is 0.0334. The van der Waals surface area contributed by atoms with Gasteiger partial charge in [-0.05, 0) is 142 Å². The number of ether oxygens (including phenoxy) is 6. The molecule has 3 rings (SSSR count). The van der Waals surface area contributed by atoms with Gasteiger partial charge in [0.15, 0.2) is 5.78 Å². The fourth-order valence-electron chi connectivity index (χ4n) is 7.10. The Labute approximate surface area is 447 Å². The molecule has 2 aromatic rings. The van der Waals surface area contributed by atoms with Crippen LogP contribution in [0.1, 0.15) is 141 Å². The van der Waals surface area contributed by atoms with Gasteiger partial charge in [0.05, 0.1) is 50.4 Å². The molecule has 7 N–H and O–H groups in total. The predicted octanol–water partition coefficient (Wildman–Crippen LogP) is 7.61. The summed E-state index contributed by atoms with van der Waals surface area (Å²) in [6.45, 7) is 29.9. The number of hydrogen-bond donors (Lipinski definition) is 7. The molecule has 1 aliphatic rings. The predicted molar refractivity (Wildman–Crippen MR) is 290 cm³/mol. The standard InChI is InChI=1S/C53H82N10O13/c1-48(2,3)71-42(65)57-39(58-43(66)72-49(4,5)6)54-25-28-63(32-35-31-34-23-19-21-33-22-20-24-36(37(33)34)38(35)64,29-26-55-40(59-44(67)73-50(7,8)9)60-45(68)74-51(10,11)12)30-27-56-41(61-46(69)75-52(13,14)15)62-47(70)76-53(16,17)18/h19-24,31,42,65H,25-30,32H2,1-18H3,(H5-,54,55,56,57,58,59,60,61,62,66,67,68,69,70)/p+1. The van der Waals surface area contributed by atoms with Gasteiger partial charge in [0.1, 0.15) is 34.6 Å². The summed E-state index contributed by atoms with van der Waals surface area (Å²) in [5, 5.41) is 27.8. The summed E-state index contributed by atoms with van der Waals surface area (Å²) in [5.74, 6) is -1.09. The minimum Gasteiger partial charge on any atom is -0.444 e. The first kappa shape index (κ1) is 63.4. The minimum atomic E-state index is -1.65. The maximum atomic E-state index is 14.7. The number of amides is 5. The summed E-state index contributed by atoms with van der Waals surface area (Å²) in [5.41, 5.74) is -3.76. The molecule has 1 aliphatic carbocycles. The zero-order valence-electron chi connectivity index (χ0n) is 47.7. The maximum Gasteiger partial charge on any atom is 0.414 e. The van der Waals surface area contributed by atoms with E-state index in [4.69, 9.17) is 28.4 Å². The van der Waals surface area contributed by atoms with Crippen LogP contribution in [0.3, 0.4) is 0 Å². The first-order valence-corrected chi connectivity index (χ1v) is 25.1. The number of benzene rings is 2. The van der Waals surface area contributed by atoms with Crippen LogP contribution in [0.4, 0.5) is 24.0 Å². The van der Waals surface area contributed by atoms with Gasteiger partial charge in [0.2, 0.25) is 24.3 Å². The summed E-state index contributed by atoms with van der Waals surface area (Å²) in [4.78, 5) is 94.5. The second-order valence-corrected chi connectivity index (χ2v) is 24.0. The number of guanidine groups is 3. The first-order chi connectivity index (χ1) is 34.7. The third-order valence-corrected chi connectivity index (χ3v) is 9.66. The molecule has 76 heavy (non-hydrogen) atoms. The smallest absolute Gasteiger partial charge is 0.414 e. The Morgan fingerprint density at radius 1 is 0.513 bits per heavy atom. The van der Waals surface area contributed by atoms with Gasteiger partial charge >= 0.3 is 30.5 Å². The Bertz CT molecular complexity index is 2380. The number of carbonyl (C=O) groups excluding carboxylic acids is 6. The van der Waals surface area contributed by atoms with E-state index in [2.05, 4.69) is 46.9 Å². The maximum absolute atomic E-state index is 14.7. The lowest BCUT2D eigenvalue weighted by Gasteiger charge is -2.39. The third-order valence-electron chi connectivity index (χ3n) is 9.66. The van der Waals surface area contributed by atoms with Crippen molar-refractivity contribution in [2.75, 3.05) is 45.8 Å². The number of nitrogens with zero attached hydrogens (tertiary/aromatic N) is 4. The molecule has 422 valence electrons. The van der Waals surface area contributed by atoms with Crippen LogP contribution in [-0.2, 0) is 28.4 Å². The number of aliphatic imine (C=N–C) groups is 3. The number of nitrogens with one attached hydrogen (secondary N) is 6. The highest BCUT2D eigenvalue weighted by molar-refractivity contribution is 6.23. The van der Waals surface area contributed by atoms with E-state index in [1.807, 2.05) is 30.3 Å². The number of carbonyl (C=O) groups is 6. The number of alkyl carbamates (subject to hydrolysis) is 5. The van der Waals surface area contributed by atoms with Gasteiger partial charge in [-0.25, -0.2) is 38.9 Å². The van der Waals surface area contributed by atoms with Crippen molar-refractivity contribution in [3.8, 4) is 0 Å². The van der Waals surface area contributed by atoms with Crippen LogP contribution in [0, 0.1) is 0 Å². The Balaban J connectivity index is 2.33. The van der Waals surface area contributed by atoms with Gasteiger partial charge in [0, 0.05) is 10.9 Å². The van der Waals surface area contributed by atoms with Crippen LogP contribution in [-0.4, -0.2) is 150 Å². The molecule has 0 fully saturated rings. The van der Waals surface area contributed by atoms with Gasteiger partial charge in [-0.15, -0.1) is 0 Å². The molecule has 0 bridgehead atoms. The zero-order chi connectivity index (χ0) is 57.7. The summed E-state index contributed by atoms with van der Waals surface area (Å²) in [6.07, 6.45) is -4.40. The molecular weight excluding hydrogens is 985 g/mol. The highest BCUT2D eigenvalue weighted by Gasteiger charge is 2.34. The van der Waals surface area contributed by atoms with Crippen LogP contribution < -0.4 is 31.9 Å². The lowest BCUT2D eigenvalue weighted by Crippen LogP contribution is -2.55. The molecular formula is C53H83N10O13+. The third kappa shape index (κ3) is 24.7. The molecule has 0 spiro atoms. The van der Waals surface area contributed by atoms with Gasteiger partial charge in [-0.3, -0.25) is 31.4 Å². The van der Waals surface area contributed by atoms with Gasteiger partial charge in [-0.1, -0.05) is 36.4 Å². The second kappa shape index (κ2) is 25.8. The van der Waals surface area contributed by atoms with E-state index in [1.54, 1.807) is 137 Å². The van der Waals surface area contributed by atoms with Gasteiger partial charge in [0.25, 0.3) is 0 Å². The topological polar surface area (TPSA) is 287 Å². The van der Waals surface area contributed by atoms with Crippen molar-refractivity contribution in [3.05, 3.63) is 53.1 Å². The van der Waals surface area contributed by atoms with Gasteiger partial charge in [-0.2, -0.15) is 0 Å². The van der Waals surface area contributed by atoms with Crippen molar-refractivity contribution in [2.24, 2.45) is 15.0 Å². The molecule has 0 radical (unpaired) electrons. The molecule has 23 heteroatoms. The molecule has 0 saturated carbocycles. The summed E-state index contributed by atoms with van der Waals surface area (Å²) in [7, 11) is 0. The molecule has 1 atom stereocenters. The van der Waals surface area contributed by atoms with E-state index in [-0.39, 0.29) is 74.0 Å². The van der Waals surface area contributed by atoms with E-state index in [0.717, 1.165) is 16.3 Å². The number of aliphatic hydroxyl groups is 1. The molecule has 0 heterocycles. The molecule has 2 aromatic carbocycles. The Morgan fingerprint density at radius 2 is 0.855 bits per heavy atom. The van der Waals surface area contributed by atoms with Crippen molar-refractivity contribution in [3.63, 3.8) is 0 Å². The fraction of sp³-hybridized carbons (Fsp3) is 0.604. The Kier molecular flexibility index (Phi) is 21.5. The van der Waals surface area contributed by atoms with Crippen LogP contribution in [0.25, 0.3) is 16.8 Å². The monoisotopic (exact) mass is 1070 g/mol. The molecule has 5 amide bonds. The van der Waals surface area contributed by atoms with E-state index in [0.29, 0.717) is 11.1 Å². The van der Waals surface area contributed by atoms with Crippen molar-refractivity contribution in [2.45, 2.75) is 165 Å². The summed E-state index contributed by atoms with van der Waals surface area (Å²) >= 11 is 0. The van der Waals surface area contributed by atoms with E-state index in [9.17, 15) is 33.9 Å². The fourth-order valence-corrected chi connectivity index (χ4v) is 7.10. The number of quaternary nitrogens is 1. The van der Waals surface area contributed by atoms with Crippen molar-refractivity contribution < 1.29 is 66.8 Å². The van der Waals surface area contributed by atoms with Crippen LogP contribution >= 0.6 is 0 Å². The first-order valence-electron chi connectivity index (χ1n) is 25.1. The van der Waals surface area contributed by atoms with E-state index >= 15 is 0 Å². The zero-order valence-corrected chi connectivity index (χ0v) is 47.7. The van der Waals surface area contributed by atoms with Gasteiger partial charge < -0.3 is 43.3 Å². The average Bonchev–Trinajstić information content (AvgIpc) is 3.18. The van der Waals surface area contributed by atoms with E-state index in [1.165, 1.54) is 0 Å². The lowest BCUT2D eigenvalue weighted by molar-refractivity contribution is -0.919. The molecule has 0 saturated heterocycles. The minimum absolute atomic E-state index is 0.00915. The Morgan fingerprint density at radius 3 is 1.21 bits per heavy atom. The van der Waals surface area contributed by atoms with Crippen molar-refractivity contribution in [1.29, 1.82) is 0 Å². The Hall–Kier alpha value is -6.85. The van der Waals surface area contributed by atoms with E-state index < -0.39 is 70.5 Å². The summed E-state index contributed by atoms with van der Waals surface area (Å²) in [6, 6.07) is 11.2. The number of ketones is 1. The van der Waals surface area contributed by atoms with Crippen LogP contribution in [0.5, 0.6) is 0 Å². The number of rotatable bonds is 13. The molecule has 1 unspecified atom stereocenters. The molecule has 23 nitrogen and oxygen atoms in total. The number of hydrogen-bond acceptors (Lipinski definition) is 16. The normalized spacial score (nSPS) is 13.8. The highest BCUT2D eigenvalue weighted by Crippen LogP contribution is 2.32. The second-order valence-electron chi connectivity index (χ2n) is 24.0. The highest BCUT2D eigenvalue weighted by atomic mass is 16.6. The lowest BCUT2D eigenvalue weighted by atomic mass is 9.87. The largest absolute Gasteiger partial charge is 0.444 e.